The van der Waals surface area contributed by atoms with Crippen LogP contribution in [-0.2, 0) is 13.2 Å². The summed E-state index contributed by atoms with van der Waals surface area (Å²) >= 11 is 1.50. The summed E-state index contributed by atoms with van der Waals surface area (Å²) in [6.45, 7) is 9.26. The number of hydrogen-bond donors (Lipinski definition) is 0. The minimum atomic E-state index is -0.528. The third-order valence-electron chi connectivity index (χ3n) is 10.3. The zero-order valence-electron chi connectivity index (χ0n) is 32.8. The van der Waals surface area contributed by atoms with Gasteiger partial charge in [0.2, 0.25) is 0 Å². The van der Waals surface area contributed by atoms with E-state index in [2.05, 4.69) is 20.0 Å². The van der Waals surface area contributed by atoms with Crippen molar-refractivity contribution in [2.75, 3.05) is 62.2 Å². The minimum Gasteiger partial charge on any atom is -0.488 e. The number of carbonyl (C=O) groups is 2. The van der Waals surface area contributed by atoms with E-state index in [4.69, 9.17) is 14.0 Å². The van der Waals surface area contributed by atoms with Gasteiger partial charge in [-0.2, -0.15) is 5.26 Å². The van der Waals surface area contributed by atoms with Crippen LogP contribution in [0.25, 0.3) is 0 Å². The number of pyridine rings is 1. The van der Waals surface area contributed by atoms with Gasteiger partial charge in [0.05, 0.1) is 39.3 Å². The summed E-state index contributed by atoms with van der Waals surface area (Å²) in [6.07, 6.45) is 3.58. The Labute approximate surface area is 345 Å². The van der Waals surface area contributed by atoms with E-state index in [9.17, 15) is 19.2 Å². The molecule has 0 unspecified atom stereocenters. The summed E-state index contributed by atoms with van der Waals surface area (Å²) in [7, 11) is 0. The lowest BCUT2D eigenvalue weighted by molar-refractivity contribution is 0.0734. The van der Waals surface area contributed by atoms with E-state index < -0.39 is 5.82 Å². The number of ether oxygens (including phenoxy) is 2. The molecule has 6 aromatic rings. The van der Waals surface area contributed by atoms with Crippen LogP contribution in [0.1, 0.15) is 49.0 Å². The number of aryl methyl sites for hydroxylation is 2. The molecule has 0 spiro atoms. The van der Waals surface area contributed by atoms with E-state index in [-0.39, 0.29) is 17.4 Å². The van der Waals surface area contributed by atoms with Gasteiger partial charge in [-0.15, -0.1) is 11.3 Å². The quantitative estimate of drug-likeness (QED) is 0.142. The Kier molecular flexibility index (Phi) is 13.1. The van der Waals surface area contributed by atoms with Crippen LogP contribution in [0.2, 0.25) is 0 Å². The average molecular weight is 815 g/mol. The summed E-state index contributed by atoms with van der Waals surface area (Å²) in [5, 5.41) is 15.1. The molecular weight excluding hydrogens is 772 g/mol. The second-order valence-electron chi connectivity index (χ2n) is 13.9. The second kappa shape index (κ2) is 19.1. The number of aromatic nitrogens is 3. The number of para-hydroxylation sites is 2. The topological polar surface area (TPSA) is 141 Å². The molecule has 0 bridgehead atoms. The van der Waals surface area contributed by atoms with Gasteiger partial charge in [-0.3, -0.25) is 14.6 Å². The average Bonchev–Trinajstić information content (AvgIpc) is 3.93. The minimum absolute atomic E-state index is 0.00580. The molecule has 13 nitrogen and oxygen atoms in total. The Hall–Kier alpha value is -6.79. The summed E-state index contributed by atoms with van der Waals surface area (Å²) in [6, 6.07) is 25.1. The lowest BCUT2D eigenvalue weighted by Gasteiger charge is -2.36. The van der Waals surface area contributed by atoms with Crippen molar-refractivity contribution in [3.05, 3.63) is 147 Å². The van der Waals surface area contributed by atoms with Gasteiger partial charge in [0, 0.05) is 75.8 Å². The molecule has 15 heteroatoms. The van der Waals surface area contributed by atoms with Gasteiger partial charge in [0.1, 0.15) is 47.9 Å². The van der Waals surface area contributed by atoms with Crippen molar-refractivity contribution in [2.45, 2.75) is 27.1 Å². The molecular formula is C44H43FN8O5S. The summed E-state index contributed by atoms with van der Waals surface area (Å²) in [5.74, 6) is 1.19. The van der Waals surface area contributed by atoms with Crippen molar-refractivity contribution in [2.24, 2.45) is 0 Å². The molecule has 2 saturated heterocycles. The zero-order chi connectivity index (χ0) is 41.1. The molecule has 0 N–H and O–H groups in total. The van der Waals surface area contributed by atoms with Crippen molar-refractivity contribution < 1.29 is 28.0 Å². The summed E-state index contributed by atoms with van der Waals surface area (Å²) in [5.41, 5.74) is 7.10. The fraction of sp³-hybridized carbons (Fsp3) is 0.273. The number of thiazole rings is 1. The number of rotatable bonds is 10. The van der Waals surface area contributed by atoms with Crippen molar-refractivity contribution in [1.82, 2.24) is 24.9 Å². The monoisotopic (exact) mass is 814 g/mol. The standard InChI is InChI=1S/C22H19FN4O2S.C22H24N4O3/c23-19-5-3-6-20(18(19)12-24)26-8-10-27(11-9-26)22(28)17-4-1-2-7-21(17)29-13-16-14-30-15-25-16;1-16-20(17(2)29-24-16)15-28-21-6-4-3-5-19(21)22(27)26-13-11-25(12-14-26)18-7-9-23-10-8-18/h1-7,14-15H,8-11,13H2;3-10H,11-15H2,1-2H3. The van der Waals surface area contributed by atoms with Gasteiger partial charge in [-0.1, -0.05) is 35.5 Å². The Morgan fingerprint density at radius 3 is 1.93 bits per heavy atom. The second-order valence-corrected chi connectivity index (χ2v) is 14.6. The molecule has 2 fully saturated rings. The number of piperazine rings is 2. The molecule has 8 rings (SSSR count). The highest BCUT2D eigenvalue weighted by Crippen LogP contribution is 2.27. The number of amides is 2. The molecule has 2 aliphatic rings. The van der Waals surface area contributed by atoms with E-state index >= 15 is 0 Å². The van der Waals surface area contributed by atoms with Crippen LogP contribution in [0.4, 0.5) is 15.8 Å². The van der Waals surface area contributed by atoms with Crippen LogP contribution in [0.3, 0.4) is 0 Å². The molecule has 5 heterocycles. The van der Waals surface area contributed by atoms with Crippen LogP contribution in [0.5, 0.6) is 11.5 Å². The van der Waals surface area contributed by atoms with Crippen LogP contribution in [0.15, 0.2) is 107 Å². The molecule has 3 aromatic carbocycles. The van der Waals surface area contributed by atoms with Gasteiger partial charge >= 0.3 is 0 Å². The maximum atomic E-state index is 13.9. The van der Waals surface area contributed by atoms with Gasteiger partial charge in [0.25, 0.3) is 11.8 Å². The lowest BCUT2D eigenvalue weighted by Crippen LogP contribution is -2.49. The van der Waals surface area contributed by atoms with Gasteiger partial charge < -0.3 is 33.6 Å². The summed E-state index contributed by atoms with van der Waals surface area (Å²) in [4.78, 5) is 42.4. The molecule has 302 valence electrons. The Bertz CT molecular complexity index is 2370. The number of halogens is 1. The van der Waals surface area contributed by atoms with Crippen LogP contribution < -0.4 is 19.3 Å². The van der Waals surface area contributed by atoms with Crippen molar-refractivity contribution in [1.29, 1.82) is 5.26 Å². The molecule has 0 aliphatic carbocycles. The van der Waals surface area contributed by atoms with Crippen molar-refractivity contribution in [3.63, 3.8) is 0 Å². The molecule has 3 aromatic heterocycles. The van der Waals surface area contributed by atoms with E-state index in [1.165, 1.54) is 17.4 Å². The first-order valence-electron chi connectivity index (χ1n) is 19.2. The first-order valence-corrected chi connectivity index (χ1v) is 20.1. The largest absolute Gasteiger partial charge is 0.488 e. The predicted octanol–water partition coefficient (Wildman–Crippen LogP) is 6.92. The molecule has 0 saturated carbocycles. The van der Waals surface area contributed by atoms with Gasteiger partial charge in [0.15, 0.2) is 0 Å². The molecule has 0 atom stereocenters. The van der Waals surface area contributed by atoms with E-state index in [1.54, 1.807) is 47.1 Å². The Balaban J connectivity index is 0.000000179. The maximum absolute atomic E-state index is 13.9. The fourth-order valence-corrected chi connectivity index (χ4v) is 7.50. The molecule has 59 heavy (non-hydrogen) atoms. The Morgan fingerprint density at radius 2 is 1.37 bits per heavy atom. The predicted molar refractivity (Wildman–Crippen MR) is 221 cm³/mol. The first kappa shape index (κ1) is 40.4. The molecule has 2 amide bonds. The number of hydrogen-bond acceptors (Lipinski definition) is 12. The van der Waals surface area contributed by atoms with Gasteiger partial charge in [-0.05, 0) is 62.4 Å². The number of nitrogens with zero attached hydrogens (tertiary/aromatic N) is 8. The van der Waals surface area contributed by atoms with Gasteiger partial charge in [-0.25, -0.2) is 9.37 Å². The fourth-order valence-electron chi connectivity index (χ4n) is 6.96. The molecule has 2 aliphatic heterocycles. The zero-order valence-corrected chi connectivity index (χ0v) is 33.6. The SMILES string of the molecule is Cc1noc(C)c1COc1ccccc1C(=O)N1CCN(c2ccncc2)CC1.N#Cc1c(F)cccc1N1CCN(C(=O)c2ccccc2OCc2cscn2)CC1. The third-order valence-corrected chi connectivity index (χ3v) is 10.9. The summed E-state index contributed by atoms with van der Waals surface area (Å²) < 4.78 is 30.9. The van der Waals surface area contributed by atoms with Crippen molar-refractivity contribution in [3.8, 4) is 17.6 Å². The van der Waals surface area contributed by atoms with Crippen LogP contribution in [-0.4, -0.2) is 89.1 Å². The maximum Gasteiger partial charge on any atom is 0.257 e. The third kappa shape index (κ3) is 9.68. The normalized spacial score (nSPS) is 13.9. The molecule has 0 radical (unpaired) electrons. The van der Waals surface area contributed by atoms with Crippen LogP contribution >= 0.6 is 11.3 Å². The number of anilines is 2. The number of nitriles is 1. The highest BCUT2D eigenvalue weighted by Gasteiger charge is 2.27. The van der Waals surface area contributed by atoms with E-state index in [0.717, 1.165) is 41.5 Å². The highest BCUT2D eigenvalue weighted by molar-refractivity contribution is 7.07. The number of benzene rings is 3. The van der Waals surface area contributed by atoms with E-state index in [0.29, 0.717) is 80.8 Å². The van der Waals surface area contributed by atoms with Crippen LogP contribution in [0, 0.1) is 31.0 Å². The lowest BCUT2D eigenvalue weighted by atomic mass is 10.1. The number of carbonyl (C=O) groups excluding carboxylic acids is 2. The highest BCUT2D eigenvalue weighted by atomic mass is 32.1. The Morgan fingerprint density at radius 1 is 0.780 bits per heavy atom. The van der Waals surface area contributed by atoms with E-state index in [1.807, 2.05) is 83.6 Å². The van der Waals surface area contributed by atoms with Crippen molar-refractivity contribution >= 4 is 34.5 Å². The smallest absolute Gasteiger partial charge is 0.257 e. The first-order chi connectivity index (χ1) is 28.8.